The van der Waals surface area contributed by atoms with Gasteiger partial charge in [0.25, 0.3) is 0 Å². The van der Waals surface area contributed by atoms with Gasteiger partial charge < -0.3 is 14.2 Å². The zero-order valence-electron chi connectivity index (χ0n) is 18.8. The lowest BCUT2D eigenvalue weighted by molar-refractivity contribution is -0.143. The molecule has 0 radical (unpaired) electrons. The third kappa shape index (κ3) is 5.06. The summed E-state index contributed by atoms with van der Waals surface area (Å²) >= 11 is 1.52. The molecule has 0 aromatic heterocycles. The monoisotopic (exact) mass is 446 g/mol. The number of hydrogen-bond donors (Lipinski definition) is 0. The first-order chi connectivity index (χ1) is 14.9. The molecule has 168 valence electrons. The Bertz CT molecular complexity index is 909. The number of amidine groups is 1. The highest BCUT2D eigenvalue weighted by Crippen LogP contribution is 2.42. The molecule has 7 nitrogen and oxygen atoms in total. The number of nitrogens with zero attached hydrogens (tertiary/aromatic N) is 2. The van der Waals surface area contributed by atoms with Gasteiger partial charge in [-0.2, -0.15) is 0 Å². The molecule has 0 aliphatic carbocycles. The molecule has 3 rings (SSSR count). The van der Waals surface area contributed by atoms with E-state index in [0.717, 1.165) is 12.0 Å². The Morgan fingerprint density at radius 3 is 2.71 bits per heavy atom. The molecular weight excluding hydrogens is 416 g/mol. The van der Waals surface area contributed by atoms with Crippen LogP contribution < -0.4 is 9.47 Å². The molecule has 0 bridgehead atoms. The number of carbonyl (C=O) groups excluding carboxylic acids is 2. The molecule has 2 aliphatic heterocycles. The summed E-state index contributed by atoms with van der Waals surface area (Å²) in [6.07, 6.45) is 0.985. The number of benzene rings is 1. The van der Waals surface area contributed by atoms with Gasteiger partial charge in [0.15, 0.2) is 16.7 Å². The van der Waals surface area contributed by atoms with Gasteiger partial charge in [-0.1, -0.05) is 24.8 Å². The van der Waals surface area contributed by atoms with Crippen LogP contribution in [0.15, 0.2) is 34.5 Å². The van der Waals surface area contributed by atoms with Crippen molar-refractivity contribution in [3.8, 4) is 11.5 Å². The summed E-state index contributed by atoms with van der Waals surface area (Å²) in [7, 11) is 0. The number of hydrogen-bond acceptors (Lipinski definition) is 7. The number of amides is 1. The minimum Gasteiger partial charge on any atom is -0.490 e. The molecule has 1 saturated heterocycles. The molecule has 8 heteroatoms. The van der Waals surface area contributed by atoms with Crippen molar-refractivity contribution in [1.82, 2.24) is 4.90 Å². The third-order valence-corrected chi connectivity index (χ3v) is 5.77. The van der Waals surface area contributed by atoms with Gasteiger partial charge in [0, 0.05) is 12.2 Å². The fraction of sp³-hybridized carbons (Fsp3) is 0.522. The predicted molar refractivity (Wildman–Crippen MR) is 121 cm³/mol. The van der Waals surface area contributed by atoms with Gasteiger partial charge in [-0.05, 0) is 51.8 Å². The number of ether oxygens (including phenoxy) is 3. The summed E-state index contributed by atoms with van der Waals surface area (Å²) in [5, 5.41) is 0.615. The van der Waals surface area contributed by atoms with Crippen LogP contribution in [-0.2, 0) is 14.3 Å². The Balaban J connectivity index is 2.11. The highest BCUT2D eigenvalue weighted by molar-refractivity contribution is 8.14. The molecule has 1 aromatic rings. The van der Waals surface area contributed by atoms with Gasteiger partial charge in [-0.15, -0.1) is 0 Å². The van der Waals surface area contributed by atoms with E-state index < -0.39 is 12.0 Å². The minimum atomic E-state index is -0.626. The van der Waals surface area contributed by atoms with E-state index in [2.05, 4.69) is 4.99 Å². The summed E-state index contributed by atoms with van der Waals surface area (Å²) in [4.78, 5) is 32.2. The quantitative estimate of drug-likeness (QED) is 0.548. The molecule has 1 aromatic carbocycles. The third-order valence-electron chi connectivity index (χ3n) is 4.81. The second kappa shape index (κ2) is 10.2. The van der Waals surface area contributed by atoms with E-state index in [9.17, 15) is 9.59 Å². The number of esters is 1. The lowest BCUT2D eigenvalue weighted by Crippen LogP contribution is -2.46. The number of rotatable bonds is 8. The average Bonchev–Trinajstić information content (AvgIpc) is 2.71. The van der Waals surface area contributed by atoms with Gasteiger partial charge in [0.05, 0.1) is 36.6 Å². The molecule has 0 N–H and O–H groups in total. The Labute approximate surface area is 187 Å². The Hall–Kier alpha value is -2.48. The molecule has 2 heterocycles. The maximum Gasteiger partial charge on any atom is 0.338 e. The van der Waals surface area contributed by atoms with Gasteiger partial charge in [0.2, 0.25) is 5.91 Å². The van der Waals surface area contributed by atoms with Crippen molar-refractivity contribution in [3.63, 3.8) is 0 Å². The number of fused-ring (bicyclic) bond motifs is 1. The molecule has 1 fully saturated rings. The largest absolute Gasteiger partial charge is 0.490 e. The van der Waals surface area contributed by atoms with Crippen LogP contribution in [0.1, 0.15) is 59.1 Å². The van der Waals surface area contributed by atoms with E-state index in [1.807, 2.05) is 32.0 Å². The summed E-state index contributed by atoms with van der Waals surface area (Å²) in [5.74, 6) is 1.38. The second-order valence-corrected chi connectivity index (χ2v) is 8.66. The first kappa shape index (κ1) is 23.2. The number of allylic oxidation sites excluding steroid dienone is 1. The molecule has 0 unspecified atom stereocenters. The van der Waals surface area contributed by atoms with Crippen LogP contribution in [0.2, 0.25) is 0 Å². The molecule has 1 amide bonds. The Morgan fingerprint density at radius 2 is 2.03 bits per heavy atom. The van der Waals surface area contributed by atoms with Crippen LogP contribution in [0.4, 0.5) is 0 Å². The molecule has 2 aliphatic rings. The van der Waals surface area contributed by atoms with Crippen molar-refractivity contribution in [2.24, 2.45) is 4.99 Å². The molecule has 31 heavy (non-hydrogen) atoms. The van der Waals surface area contributed by atoms with Crippen LogP contribution >= 0.6 is 11.8 Å². The normalized spacial score (nSPS) is 18.6. The van der Waals surface area contributed by atoms with Gasteiger partial charge in [-0.3, -0.25) is 9.69 Å². The maximum absolute atomic E-state index is 13.1. The van der Waals surface area contributed by atoms with Crippen LogP contribution in [-0.4, -0.2) is 47.0 Å². The number of carbonyl (C=O) groups is 2. The molecule has 1 atom stereocenters. The number of aliphatic imine (C=N–C) groups is 1. The highest BCUT2D eigenvalue weighted by Gasteiger charge is 2.42. The van der Waals surface area contributed by atoms with Crippen molar-refractivity contribution in [2.45, 2.75) is 59.6 Å². The fourth-order valence-electron chi connectivity index (χ4n) is 3.54. The van der Waals surface area contributed by atoms with Gasteiger partial charge in [0.1, 0.15) is 0 Å². The van der Waals surface area contributed by atoms with E-state index in [1.54, 1.807) is 25.7 Å². The van der Waals surface area contributed by atoms with Crippen molar-refractivity contribution in [3.05, 3.63) is 35.0 Å². The van der Waals surface area contributed by atoms with Gasteiger partial charge >= 0.3 is 5.97 Å². The van der Waals surface area contributed by atoms with Crippen molar-refractivity contribution in [1.29, 1.82) is 0 Å². The second-order valence-electron chi connectivity index (χ2n) is 7.60. The SMILES string of the molecule is CCCOc1ccc([C@H]2C(C(=O)OC(C)C)=C(C)N=C3SCCC(=O)N32)cc1OCC. The summed E-state index contributed by atoms with van der Waals surface area (Å²) < 4.78 is 17.2. The van der Waals surface area contributed by atoms with Crippen LogP contribution in [0.3, 0.4) is 0 Å². The van der Waals surface area contributed by atoms with E-state index in [4.69, 9.17) is 14.2 Å². The van der Waals surface area contributed by atoms with Crippen LogP contribution in [0, 0.1) is 0 Å². The average molecular weight is 447 g/mol. The van der Waals surface area contributed by atoms with E-state index in [-0.39, 0.29) is 12.0 Å². The van der Waals surface area contributed by atoms with Gasteiger partial charge in [-0.25, -0.2) is 9.79 Å². The van der Waals surface area contributed by atoms with Crippen LogP contribution in [0.5, 0.6) is 11.5 Å². The zero-order chi connectivity index (χ0) is 22.5. The molecular formula is C23H30N2O5S. The molecule has 0 spiro atoms. The van der Waals surface area contributed by atoms with Crippen molar-refractivity contribution in [2.75, 3.05) is 19.0 Å². The first-order valence-corrected chi connectivity index (χ1v) is 11.7. The van der Waals surface area contributed by atoms with Crippen molar-refractivity contribution < 1.29 is 23.8 Å². The van der Waals surface area contributed by atoms with E-state index in [0.29, 0.717) is 53.3 Å². The topological polar surface area (TPSA) is 77.4 Å². The lowest BCUT2D eigenvalue weighted by atomic mass is 9.93. The van der Waals surface area contributed by atoms with E-state index >= 15 is 0 Å². The summed E-state index contributed by atoms with van der Waals surface area (Å²) in [5.41, 5.74) is 1.69. The van der Waals surface area contributed by atoms with E-state index in [1.165, 1.54) is 11.8 Å². The van der Waals surface area contributed by atoms with Crippen LogP contribution in [0.25, 0.3) is 0 Å². The van der Waals surface area contributed by atoms with Crippen molar-refractivity contribution >= 4 is 28.8 Å². The standard InChI is InChI=1S/C23H30N2O5S/c1-6-11-29-17-9-8-16(13-18(17)28-7-2)21-20(22(27)30-14(3)4)15(5)24-23-25(21)19(26)10-12-31-23/h8-9,13-14,21H,6-7,10-12H2,1-5H3/t21-/m0/s1. The first-order valence-electron chi connectivity index (χ1n) is 10.7. The fourth-order valence-corrected chi connectivity index (χ4v) is 4.55. The Kier molecular flexibility index (Phi) is 7.64. The molecule has 0 saturated carbocycles. The zero-order valence-corrected chi connectivity index (χ0v) is 19.6. The summed E-state index contributed by atoms with van der Waals surface area (Å²) in [6.45, 7) is 10.4. The maximum atomic E-state index is 13.1. The summed E-state index contributed by atoms with van der Waals surface area (Å²) in [6, 6.07) is 4.94. The highest BCUT2D eigenvalue weighted by atomic mass is 32.2. The Morgan fingerprint density at radius 1 is 1.26 bits per heavy atom. The number of thioether (sulfide) groups is 1. The minimum absolute atomic E-state index is 0.0610. The lowest BCUT2D eigenvalue weighted by Gasteiger charge is -2.39. The predicted octanol–water partition coefficient (Wildman–Crippen LogP) is 4.48. The smallest absolute Gasteiger partial charge is 0.338 e.